The van der Waals surface area contributed by atoms with Crippen molar-refractivity contribution in [2.24, 2.45) is 5.92 Å². The van der Waals surface area contributed by atoms with E-state index >= 15 is 0 Å². The minimum atomic E-state index is -0.869. The zero-order valence-corrected chi connectivity index (χ0v) is 11.9. The van der Waals surface area contributed by atoms with Crippen LogP contribution in [0.2, 0.25) is 0 Å². The molecule has 6 heteroatoms. The minimum absolute atomic E-state index is 0.00484. The molecule has 1 saturated carbocycles. The van der Waals surface area contributed by atoms with Gasteiger partial charge in [0, 0.05) is 32.4 Å². The highest BCUT2D eigenvalue weighted by molar-refractivity contribution is 5.83. The van der Waals surface area contributed by atoms with Crippen molar-refractivity contribution in [1.82, 2.24) is 4.90 Å². The summed E-state index contributed by atoms with van der Waals surface area (Å²) < 4.78 is 10.8. The third kappa shape index (κ3) is 3.93. The number of carboxylic acids is 1. The van der Waals surface area contributed by atoms with Gasteiger partial charge in [0.05, 0.1) is 18.4 Å². The highest BCUT2D eigenvalue weighted by Gasteiger charge is 2.47. The SMILES string of the molecule is CCO[C@H]1C[C@@H]1C(=O)N(CCC(=O)O)C1CCOCC1. The lowest BCUT2D eigenvalue weighted by Crippen LogP contribution is -2.45. The first-order valence-corrected chi connectivity index (χ1v) is 7.35. The van der Waals surface area contributed by atoms with E-state index in [0.717, 1.165) is 19.3 Å². The summed E-state index contributed by atoms with van der Waals surface area (Å²) in [4.78, 5) is 25.0. The van der Waals surface area contributed by atoms with Gasteiger partial charge in [0.25, 0.3) is 0 Å². The Bertz CT molecular complexity index is 353. The van der Waals surface area contributed by atoms with Crippen LogP contribution in [0.4, 0.5) is 0 Å². The second kappa shape index (κ2) is 7.04. The normalized spacial score (nSPS) is 26.2. The molecule has 0 bridgehead atoms. The quantitative estimate of drug-likeness (QED) is 0.752. The van der Waals surface area contributed by atoms with Gasteiger partial charge < -0.3 is 19.5 Å². The summed E-state index contributed by atoms with van der Waals surface area (Å²) in [5.41, 5.74) is 0. The Morgan fingerprint density at radius 2 is 2.05 bits per heavy atom. The van der Waals surface area contributed by atoms with E-state index in [4.69, 9.17) is 14.6 Å². The van der Waals surface area contributed by atoms with Crippen molar-refractivity contribution in [2.75, 3.05) is 26.4 Å². The number of hydrogen-bond donors (Lipinski definition) is 1. The molecular weight excluding hydrogens is 262 g/mol. The summed E-state index contributed by atoms with van der Waals surface area (Å²) in [6.07, 6.45) is 2.36. The molecule has 1 heterocycles. The number of nitrogens with zero attached hydrogens (tertiary/aromatic N) is 1. The van der Waals surface area contributed by atoms with E-state index in [-0.39, 0.29) is 36.9 Å². The Labute approximate surface area is 119 Å². The fraction of sp³-hybridized carbons (Fsp3) is 0.857. The van der Waals surface area contributed by atoms with Crippen molar-refractivity contribution < 1.29 is 24.2 Å². The highest BCUT2D eigenvalue weighted by atomic mass is 16.5. The summed E-state index contributed by atoms with van der Waals surface area (Å²) in [6, 6.07) is 0.110. The molecule has 1 amide bonds. The van der Waals surface area contributed by atoms with Crippen molar-refractivity contribution in [3.05, 3.63) is 0 Å². The van der Waals surface area contributed by atoms with Crippen LogP contribution >= 0.6 is 0 Å². The third-order valence-electron chi connectivity index (χ3n) is 3.91. The van der Waals surface area contributed by atoms with E-state index in [1.807, 2.05) is 6.92 Å². The van der Waals surface area contributed by atoms with Crippen LogP contribution in [-0.4, -0.2) is 60.4 Å². The number of carbonyl (C=O) groups is 2. The van der Waals surface area contributed by atoms with Crippen LogP contribution < -0.4 is 0 Å². The average molecular weight is 285 g/mol. The molecular formula is C14H23NO5. The van der Waals surface area contributed by atoms with Gasteiger partial charge in [0.2, 0.25) is 5.91 Å². The number of rotatable bonds is 7. The van der Waals surface area contributed by atoms with E-state index in [0.29, 0.717) is 19.8 Å². The van der Waals surface area contributed by atoms with E-state index < -0.39 is 5.97 Å². The molecule has 2 aliphatic rings. The van der Waals surface area contributed by atoms with E-state index in [1.165, 1.54) is 0 Å². The molecule has 6 nitrogen and oxygen atoms in total. The number of amides is 1. The molecule has 20 heavy (non-hydrogen) atoms. The van der Waals surface area contributed by atoms with Gasteiger partial charge in [-0.25, -0.2) is 0 Å². The first kappa shape index (κ1) is 15.3. The standard InChI is InChI=1S/C14H23NO5/c1-2-20-12-9-11(12)14(18)15(6-3-13(16)17)10-4-7-19-8-5-10/h10-12H,2-9H2,1H3,(H,16,17)/t11-,12-/m0/s1. The maximum absolute atomic E-state index is 12.5. The molecule has 114 valence electrons. The van der Waals surface area contributed by atoms with Crippen LogP contribution in [0.5, 0.6) is 0 Å². The van der Waals surface area contributed by atoms with Crippen LogP contribution in [0.25, 0.3) is 0 Å². The Morgan fingerprint density at radius 1 is 1.35 bits per heavy atom. The second-order valence-corrected chi connectivity index (χ2v) is 5.35. The Kier molecular flexibility index (Phi) is 5.37. The lowest BCUT2D eigenvalue weighted by molar-refractivity contribution is -0.141. The van der Waals surface area contributed by atoms with Gasteiger partial charge in [-0.2, -0.15) is 0 Å². The number of hydrogen-bond acceptors (Lipinski definition) is 4. The molecule has 1 aliphatic carbocycles. The zero-order chi connectivity index (χ0) is 14.5. The van der Waals surface area contributed by atoms with E-state index in [9.17, 15) is 9.59 Å². The molecule has 0 unspecified atom stereocenters. The molecule has 0 aromatic carbocycles. The van der Waals surface area contributed by atoms with E-state index in [1.54, 1.807) is 4.90 Å². The first-order chi connectivity index (χ1) is 9.63. The summed E-state index contributed by atoms with van der Waals surface area (Å²) in [6.45, 7) is 4.09. The van der Waals surface area contributed by atoms with Gasteiger partial charge in [-0.15, -0.1) is 0 Å². The van der Waals surface area contributed by atoms with Gasteiger partial charge in [0.1, 0.15) is 0 Å². The lowest BCUT2D eigenvalue weighted by atomic mass is 10.1. The molecule has 0 spiro atoms. The molecule has 2 rings (SSSR count). The fourth-order valence-electron chi connectivity index (χ4n) is 2.73. The van der Waals surface area contributed by atoms with Crippen molar-refractivity contribution >= 4 is 11.9 Å². The van der Waals surface area contributed by atoms with Crippen LogP contribution in [-0.2, 0) is 19.1 Å². The van der Waals surface area contributed by atoms with Crippen LogP contribution in [0, 0.1) is 5.92 Å². The largest absolute Gasteiger partial charge is 0.481 e. The van der Waals surface area contributed by atoms with E-state index in [2.05, 4.69) is 0 Å². The van der Waals surface area contributed by atoms with Gasteiger partial charge in [-0.1, -0.05) is 0 Å². The van der Waals surface area contributed by atoms with Gasteiger partial charge in [-0.3, -0.25) is 9.59 Å². The van der Waals surface area contributed by atoms with Crippen LogP contribution in [0.15, 0.2) is 0 Å². The second-order valence-electron chi connectivity index (χ2n) is 5.35. The van der Waals surface area contributed by atoms with Crippen molar-refractivity contribution in [1.29, 1.82) is 0 Å². The lowest BCUT2D eigenvalue weighted by Gasteiger charge is -2.34. The maximum atomic E-state index is 12.5. The molecule has 0 radical (unpaired) electrons. The topological polar surface area (TPSA) is 76.1 Å². The molecule has 2 fully saturated rings. The number of carbonyl (C=O) groups excluding carboxylic acids is 1. The molecule has 1 aliphatic heterocycles. The highest BCUT2D eigenvalue weighted by Crippen LogP contribution is 2.36. The van der Waals surface area contributed by atoms with Gasteiger partial charge >= 0.3 is 5.97 Å². The number of aliphatic carboxylic acids is 1. The Balaban J connectivity index is 1.94. The molecule has 0 aromatic rings. The van der Waals surface area contributed by atoms with Crippen LogP contribution in [0.3, 0.4) is 0 Å². The number of carboxylic acid groups (broad SMARTS) is 1. The molecule has 1 N–H and O–H groups in total. The minimum Gasteiger partial charge on any atom is -0.481 e. The fourth-order valence-corrected chi connectivity index (χ4v) is 2.73. The number of ether oxygens (including phenoxy) is 2. The Morgan fingerprint density at radius 3 is 2.65 bits per heavy atom. The summed E-state index contributed by atoms with van der Waals surface area (Å²) in [5, 5.41) is 8.85. The summed E-state index contributed by atoms with van der Waals surface area (Å²) in [5.74, 6) is -0.893. The zero-order valence-electron chi connectivity index (χ0n) is 11.9. The maximum Gasteiger partial charge on any atom is 0.305 e. The Hall–Kier alpha value is -1.14. The third-order valence-corrected chi connectivity index (χ3v) is 3.91. The van der Waals surface area contributed by atoms with Gasteiger partial charge in [-0.05, 0) is 26.2 Å². The average Bonchev–Trinajstić information content (AvgIpc) is 3.19. The van der Waals surface area contributed by atoms with Crippen molar-refractivity contribution in [3.63, 3.8) is 0 Å². The van der Waals surface area contributed by atoms with Crippen LogP contribution in [0.1, 0.15) is 32.6 Å². The molecule has 0 aromatic heterocycles. The first-order valence-electron chi connectivity index (χ1n) is 7.35. The van der Waals surface area contributed by atoms with Crippen molar-refractivity contribution in [3.8, 4) is 0 Å². The van der Waals surface area contributed by atoms with Gasteiger partial charge in [0.15, 0.2) is 0 Å². The molecule has 2 atom stereocenters. The van der Waals surface area contributed by atoms with Crippen molar-refractivity contribution in [2.45, 2.75) is 44.8 Å². The summed E-state index contributed by atoms with van der Waals surface area (Å²) in [7, 11) is 0. The monoisotopic (exact) mass is 285 g/mol. The summed E-state index contributed by atoms with van der Waals surface area (Å²) >= 11 is 0. The predicted molar refractivity (Wildman–Crippen MR) is 71.3 cm³/mol. The predicted octanol–water partition coefficient (Wildman–Crippen LogP) is 0.894. The molecule has 1 saturated heterocycles. The smallest absolute Gasteiger partial charge is 0.305 e.